The molecule has 7 nitrogen and oxygen atoms in total. The van der Waals surface area contributed by atoms with E-state index in [2.05, 4.69) is 0 Å². The summed E-state index contributed by atoms with van der Waals surface area (Å²) in [6.45, 7) is 6.24. The van der Waals surface area contributed by atoms with Gasteiger partial charge in [-0.2, -0.15) is 11.8 Å². The molecule has 9 heteroatoms. The third-order valence-corrected chi connectivity index (χ3v) is 5.35. The van der Waals surface area contributed by atoms with Crippen LogP contribution in [0.4, 0.5) is 4.79 Å². The van der Waals surface area contributed by atoms with Gasteiger partial charge in [-0.1, -0.05) is 0 Å². The molecule has 0 spiro atoms. The largest absolute Gasteiger partial charge is 0.443 e. The van der Waals surface area contributed by atoms with Crippen LogP contribution in [0.2, 0.25) is 0 Å². The second kappa shape index (κ2) is 6.79. The second-order valence-corrected chi connectivity index (χ2v) is 9.83. The first-order valence-electron chi connectivity index (χ1n) is 7.52. The molecule has 0 radical (unpaired) electrons. The van der Waals surface area contributed by atoms with Crippen LogP contribution in [0.1, 0.15) is 31.3 Å². The molecular formula is C15H22N2O5S2. The number of ether oxygens (including phenoxy) is 1. The molecule has 1 aromatic rings. The third kappa shape index (κ3) is 4.54. The smallest absolute Gasteiger partial charge is 0.419 e. The molecule has 1 saturated heterocycles. The van der Waals surface area contributed by atoms with Gasteiger partial charge >= 0.3 is 6.09 Å². The van der Waals surface area contributed by atoms with Crippen molar-refractivity contribution in [1.82, 2.24) is 9.47 Å². The summed E-state index contributed by atoms with van der Waals surface area (Å²) in [5.41, 5.74) is -0.745. The van der Waals surface area contributed by atoms with Gasteiger partial charge in [0.05, 0.1) is 4.90 Å². The molecule has 0 unspecified atom stereocenters. The molecule has 0 atom stereocenters. The van der Waals surface area contributed by atoms with Crippen molar-refractivity contribution in [2.45, 2.75) is 31.3 Å². The maximum Gasteiger partial charge on any atom is 0.419 e. The summed E-state index contributed by atoms with van der Waals surface area (Å²) in [4.78, 5) is 26.6. The summed E-state index contributed by atoms with van der Waals surface area (Å²) < 4.78 is 29.9. The quantitative estimate of drug-likeness (QED) is 0.785. The highest BCUT2D eigenvalue weighted by atomic mass is 32.2. The minimum Gasteiger partial charge on any atom is -0.443 e. The molecule has 2 heterocycles. The summed E-state index contributed by atoms with van der Waals surface area (Å²) in [6, 6.07) is 1.24. The van der Waals surface area contributed by atoms with Crippen LogP contribution in [0, 0.1) is 0 Å². The zero-order valence-electron chi connectivity index (χ0n) is 14.2. The molecule has 0 N–H and O–H groups in total. The van der Waals surface area contributed by atoms with Crippen LogP contribution < -0.4 is 0 Å². The van der Waals surface area contributed by atoms with Gasteiger partial charge in [-0.3, -0.25) is 4.79 Å². The van der Waals surface area contributed by atoms with Gasteiger partial charge in [0, 0.05) is 37.0 Å². The SMILES string of the molecule is CC(C)(C)OC(=O)n1cc(S(C)(=O)=O)cc1C(=O)N1CCSCC1. The summed E-state index contributed by atoms with van der Waals surface area (Å²) in [7, 11) is -3.55. The summed E-state index contributed by atoms with van der Waals surface area (Å²) in [6.07, 6.45) is 1.41. The number of carbonyl (C=O) groups is 2. The number of sulfone groups is 1. The number of nitrogens with zero attached hydrogens (tertiary/aromatic N) is 2. The van der Waals surface area contributed by atoms with Crippen LogP contribution in [-0.2, 0) is 14.6 Å². The van der Waals surface area contributed by atoms with E-state index in [1.54, 1.807) is 37.4 Å². The molecule has 1 aliphatic rings. The van der Waals surface area contributed by atoms with E-state index in [9.17, 15) is 18.0 Å². The van der Waals surface area contributed by atoms with Crippen molar-refractivity contribution in [3.63, 3.8) is 0 Å². The molecule has 2 rings (SSSR count). The highest BCUT2D eigenvalue weighted by molar-refractivity contribution is 7.99. The van der Waals surface area contributed by atoms with E-state index in [0.717, 1.165) is 28.5 Å². The lowest BCUT2D eigenvalue weighted by atomic mass is 10.2. The summed E-state index contributed by atoms with van der Waals surface area (Å²) >= 11 is 1.75. The van der Waals surface area contributed by atoms with Crippen molar-refractivity contribution in [3.05, 3.63) is 18.0 Å². The molecular weight excluding hydrogens is 352 g/mol. The van der Waals surface area contributed by atoms with Gasteiger partial charge in [0.25, 0.3) is 5.91 Å². The van der Waals surface area contributed by atoms with Crippen molar-refractivity contribution < 1.29 is 22.7 Å². The van der Waals surface area contributed by atoms with Gasteiger partial charge < -0.3 is 9.64 Å². The first kappa shape index (κ1) is 18.9. The molecule has 1 amide bonds. The number of hydrogen-bond acceptors (Lipinski definition) is 6. The van der Waals surface area contributed by atoms with Crippen molar-refractivity contribution in [2.75, 3.05) is 30.9 Å². The van der Waals surface area contributed by atoms with Gasteiger partial charge in [0.15, 0.2) is 9.84 Å². The second-order valence-electron chi connectivity index (χ2n) is 6.59. The molecule has 24 heavy (non-hydrogen) atoms. The first-order chi connectivity index (χ1) is 11.0. The monoisotopic (exact) mass is 374 g/mol. The Balaban J connectivity index is 2.42. The molecule has 134 valence electrons. The van der Waals surface area contributed by atoms with Gasteiger partial charge in [0.1, 0.15) is 11.3 Å². The fourth-order valence-corrected chi connectivity index (χ4v) is 3.72. The van der Waals surface area contributed by atoms with Crippen molar-refractivity contribution in [1.29, 1.82) is 0 Å². The van der Waals surface area contributed by atoms with Gasteiger partial charge in [-0.25, -0.2) is 17.8 Å². The number of hydrogen-bond donors (Lipinski definition) is 0. The lowest BCUT2D eigenvalue weighted by molar-refractivity contribution is 0.0516. The zero-order chi connectivity index (χ0) is 18.1. The molecule has 0 aromatic carbocycles. The van der Waals surface area contributed by atoms with E-state index >= 15 is 0 Å². The maximum atomic E-state index is 12.7. The van der Waals surface area contributed by atoms with E-state index in [0.29, 0.717) is 13.1 Å². The number of rotatable bonds is 2. The Morgan fingerprint density at radius 3 is 2.29 bits per heavy atom. The topological polar surface area (TPSA) is 85.7 Å². The summed E-state index contributed by atoms with van der Waals surface area (Å²) in [5, 5.41) is 0. The van der Waals surface area contributed by atoms with E-state index in [-0.39, 0.29) is 16.5 Å². The highest BCUT2D eigenvalue weighted by Crippen LogP contribution is 2.20. The Bertz CT molecular complexity index is 740. The predicted molar refractivity (Wildman–Crippen MR) is 92.4 cm³/mol. The minimum atomic E-state index is -3.55. The van der Waals surface area contributed by atoms with Gasteiger partial charge in [-0.15, -0.1) is 0 Å². The third-order valence-electron chi connectivity index (χ3n) is 3.33. The lowest BCUT2D eigenvalue weighted by Gasteiger charge is -2.27. The number of thioether (sulfide) groups is 1. The van der Waals surface area contributed by atoms with Crippen LogP contribution in [0.25, 0.3) is 0 Å². The Morgan fingerprint density at radius 1 is 1.21 bits per heavy atom. The molecule has 1 aromatic heterocycles. The number of carbonyl (C=O) groups excluding carboxylic acids is 2. The van der Waals surface area contributed by atoms with Crippen LogP contribution in [0.3, 0.4) is 0 Å². The van der Waals surface area contributed by atoms with E-state index < -0.39 is 21.5 Å². The number of aromatic nitrogens is 1. The van der Waals surface area contributed by atoms with Crippen molar-refractivity contribution >= 4 is 33.6 Å². The average molecular weight is 374 g/mol. The van der Waals surface area contributed by atoms with Crippen LogP contribution in [0.15, 0.2) is 17.2 Å². The van der Waals surface area contributed by atoms with E-state index in [1.165, 1.54) is 6.07 Å². The molecule has 1 aliphatic heterocycles. The molecule has 0 bridgehead atoms. The maximum absolute atomic E-state index is 12.7. The van der Waals surface area contributed by atoms with E-state index in [1.807, 2.05) is 0 Å². The van der Waals surface area contributed by atoms with Crippen molar-refractivity contribution in [2.24, 2.45) is 0 Å². The minimum absolute atomic E-state index is 0.0107. The van der Waals surface area contributed by atoms with Crippen molar-refractivity contribution in [3.8, 4) is 0 Å². The van der Waals surface area contributed by atoms with Crippen LogP contribution >= 0.6 is 11.8 Å². The standard InChI is InChI=1S/C15H22N2O5S2/c1-15(2,3)22-14(19)17-10-11(24(4,20)21)9-12(17)13(18)16-5-7-23-8-6-16/h9-10H,5-8H2,1-4H3. The fraction of sp³-hybridized carbons (Fsp3) is 0.600. The Morgan fingerprint density at radius 2 is 1.79 bits per heavy atom. The zero-order valence-corrected chi connectivity index (χ0v) is 15.9. The first-order valence-corrected chi connectivity index (χ1v) is 10.6. The number of amides is 1. The molecule has 0 saturated carbocycles. The lowest BCUT2D eigenvalue weighted by Crippen LogP contribution is -2.39. The molecule has 0 aliphatic carbocycles. The van der Waals surface area contributed by atoms with Gasteiger partial charge in [-0.05, 0) is 26.8 Å². The predicted octanol–water partition coefficient (Wildman–Crippen LogP) is 1.86. The normalized spacial score (nSPS) is 16.1. The fourth-order valence-electron chi connectivity index (χ4n) is 2.20. The summed E-state index contributed by atoms with van der Waals surface area (Å²) in [5.74, 6) is 1.27. The Labute approximate surface area is 146 Å². The van der Waals surface area contributed by atoms with Crippen LogP contribution in [0.5, 0.6) is 0 Å². The Kier molecular flexibility index (Phi) is 5.34. The highest BCUT2D eigenvalue weighted by Gasteiger charge is 2.28. The van der Waals surface area contributed by atoms with Gasteiger partial charge in [0.2, 0.25) is 0 Å². The van der Waals surface area contributed by atoms with Crippen LogP contribution in [-0.4, -0.2) is 66.3 Å². The Hall–Kier alpha value is -1.48. The average Bonchev–Trinajstić information content (AvgIpc) is 2.91. The van der Waals surface area contributed by atoms with E-state index in [4.69, 9.17) is 4.74 Å². The molecule has 1 fully saturated rings.